The molecule has 2 rings (SSSR count). The largest absolute Gasteiger partial charge is 0.488 e. The molecule has 0 amide bonds. The summed E-state index contributed by atoms with van der Waals surface area (Å²) in [7, 11) is 0. The molecule has 1 aromatic rings. The summed E-state index contributed by atoms with van der Waals surface area (Å²) in [5, 5.41) is 11.4. The Morgan fingerprint density at radius 1 is 1.43 bits per heavy atom. The maximum atomic E-state index is 8.50. The summed E-state index contributed by atoms with van der Waals surface area (Å²) in [6.07, 6.45) is 1.86. The molecule has 0 saturated heterocycles. The van der Waals surface area contributed by atoms with E-state index in [0.717, 1.165) is 11.3 Å². The van der Waals surface area contributed by atoms with Gasteiger partial charge in [-0.3, -0.25) is 0 Å². The molecular weight excluding hydrogens is 180 g/mol. The van der Waals surface area contributed by atoms with Crippen LogP contribution in [-0.4, -0.2) is 17.6 Å². The van der Waals surface area contributed by atoms with Crippen LogP contribution in [0.5, 0.6) is 5.75 Å². The molecule has 0 radical (unpaired) electrons. The van der Waals surface area contributed by atoms with E-state index in [1.165, 1.54) is 0 Å². The third-order valence-electron chi connectivity index (χ3n) is 2.07. The second kappa shape index (κ2) is 3.41. The van der Waals surface area contributed by atoms with Crippen molar-refractivity contribution in [3.63, 3.8) is 0 Å². The SMILES string of the molecule is N/C(=N/O)C1=Cc2ccccc2OC1. The number of hydrogen-bond acceptors (Lipinski definition) is 3. The lowest BCUT2D eigenvalue weighted by molar-refractivity contribution is 0.315. The first-order valence-electron chi connectivity index (χ1n) is 4.21. The van der Waals surface area contributed by atoms with Gasteiger partial charge in [0.1, 0.15) is 12.4 Å². The van der Waals surface area contributed by atoms with Gasteiger partial charge >= 0.3 is 0 Å². The minimum atomic E-state index is 0.0968. The Morgan fingerprint density at radius 3 is 3.00 bits per heavy atom. The summed E-state index contributed by atoms with van der Waals surface area (Å²) in [4.78, 5) is 0. The van der Waals surface area contributed by atoms with Gasteiger partial charge in [-0.05, 0) is 12.1 Å². The first-order valence-corrected chi connectivity index (χ1v) is 4.21. The van der Waals surface area contributed by atoms with E-state index in [9.17, 15) is 0 Å². The lowest BCUT2D eigenvalue weighted by atomic mass is 10.1. The second-order valence-electron chi connectivity index (χ2n) is 2.98. The smallest absolute Gasteiger partial charge is 0.169 e. The quantitative estimate of drug-likeness (QED) is 0.302. The molecular formula is C10H10N2O2. The van der Waals surface area contributed by atoms with E-state index in [1.54, 1.807) is 0 Å². The highest BCUT2D eigenvalue weighted by Gasteiger charge is 2.13. The summed E-state index contributed by atoms with van der Waals surface area (Å²) in [5.41, 5.74) is 7.09. The van der Waals surface area contributed by atoms with Crippen molar-refractivity contribution < 1.29 is 9.94 Å². The highest BCUT2D eigenvalue weighted by molar-refractivity contribution is 6.01. The first kappa shape index (κ1) is 8.62. The number of fused-ring (bicyclic) bond motifs is 1. The van der Waals surface area contributed by atoms with E-state index in [1.807, 2.05) is 30.3 Å². The lowest BCUT2D eigenvalue weighted by Crippen LogP contribution is -2.21. The summed E-state index contributed by atoms with van der Waals surface area (Å²) in [6, 6.07) is 7.61. The van der Waals surface area contributed by atoms with Crippen LogP contribution in [0.4, 0.5) is 0 Å². The third-order valence-corrected chi connectivity index (χ3v) is 2.07. The van der Waals surface area contributed by atoms with Crippen molar-refractivity contribution >= 4 is 11.9 Å². The van der Waals surface area contributed by atoms with Crippen molar-refractivity contribution in [3.05, 3.63) is 35.4 Å². The predicted molar refractivity (Wildman–Crippen MR) is 53.3 cm³/mol. The Kier molecular flexibility index (Phi) is 2.10. The van der Waals surface area contributed by atoms with Crippen molar-refractivity contribution in [3.8, 4) is 5.75 Å². The number of oxime groups is 1. The molecule has 1 aliphatic rings. The molecule has 3 N–H and O–H groups in total. The number of nitrogens with two attached hydrogens (primary N) is 1. The normalized spacial score (nSPS) is 15.4. The maximum Gasteiger partial charge on any atom is 0.169 e. The van der Waals surface area contributed by atoms with E-state index in [-0.39, 0.29) is 5.84 Å². The Morgan fingerprint density at radius 2 is 2.21 bits per heavy atom. The highest BCUT2D eigenvalue weighted by atomic mass is 16.5. The van der Waals surface area contributed by atoms with Gasteiger partial charge in [0.2, 0.25) is 0 Å². The van der Waals surface area contributed by atoms with Gasteiger partial charge in [0.05, 0.1) is 0 Å². The van der Waals surface area contributed by atoms with Crippen LogP contribution in [0.25, 0.3) is 6.08 Å². The molecule has 0 aliphatic carbocycles. The fourth-order valence-corrected chi connectivity index (χ4v) is 1.33. The molecule has 0 aromatic heterocycles. The van der Waals surface area contributed by atoms with Gasteiger partial charge in [0, 0.05) is 11.1 Å². The minimum absolute atomic E-state index is 0.0968. The van der Waals surface area contributed by atoms with Gasteiger partial charge in [-0.2, -0.15) is 0 Å². The highest BCUT2D eigenvalue weighted by Crippen LogP contribution is 2.25. The van der Waals surface area contributed by atoms with Crippen LogP contribution in [0.1, 0.15) is 5.56 Å². The van der Waals surface area contributed by atoms with Crippen LogP contribution in [0.15, 0.2) is 35.0 Å². The maximum absolute atomic E-state index is 8.50. The number of benzene rings is 1. The van der Waals surface area contributed by atoms with Crippen molar-refractivity contribution in [2.45, 2.75) is 0 Å². The third kappa shape index (κ3) is 1.42. The molecule has 0 saturated carbocycles. The molecule has 72 valence electrons. The van der Waals surface area contributed by atoms with Gasteiger partial charge < -0.3 is 15.7 Å². The molecule has 14 heavy (non-hydrogen) atoms. The average Bonchev–Trinajstić information content (AvgIpc) is 2.27. The van der Waals surface area contributed by atoms with Gasteiger partial charge in [-0.15, -0.1) is 0 Å². The zero-order valence-electron chi connectivity index (χ0n) is 7.47. The summed E-state index contributed by atoms with van der Waals surface area (Å²) < 4.78 is 5.42. The molecule has 0 fully saturated rings. The van der Waals surface area contributed by atoms with Gasteiger partial charge in [-0.1, -0.05) is 23.4 Å². The van der Waals surface area contributed by atoms with Crippen molar-refractivity contribution in [1.82, 2.24) is 0 Å². The average molecular weight is 190 g/mol. The van der Waals surface area contributed by atoms with Gasteiger partial charge in [-0.25, -0.2) is 0 Å². The van der Waals surface area contributed by atoms with E-state index in [4.69, 9.17) is 15.7 Å². The van der Waals surface area contributed by atoms with Crippen LogP contribution in [0, 0.1) is 0 Å². The zero-order chi connectivity index (χ0) is 9.97. The Labute approximate surface area is 81.3 Å². The molecule has 1 aromatic carbocycles. The molecule has 4 nitrogen and oxygen atoms in total. The van der Waals surface area contributed by atoms with E-state index >= 15 is 0 Å². The molecule has 0 spiro atoms. The van der Waals surface area contributed by atoms with Crippen molar-refractivity contribution in [1.29, 1.82) is 0 Å². The number of ether oxygens (including phenoxy) is 1. The fraction of sp³-hybridized carbons (Fsp3) is 0.100. The number of nitrogens with zero attached hydrogens (tertiary/aromatic N) is 1. The summed E-state index contributed by atoms with van der Waals surface area (Å²) in [6.45, 7) is 0.340. The Balaban J connectivity index is 2.41. The number of amidine groups is 1. The Bertz CT molecular complexity index is 410. The summed E-state index contributed by atoms with van der Waals surface area (Å²) >= 11 is 0. The fourth-order valence-electron chi connectivity index (χ4n) is 1.33. The van der Waals surface area contributed by atoms with E-state index in [0.29, 0.717) is 12.2 Å². The number of para-hydroxylation sites is 1. The summed E-state index contributed by atoms with van der Waals surface area (Å²) in [5.74, 6) is 0.918. The molecule has 1 aliphatic heterocycles. The van der Waals surface area contributed by atoms with E-state index < -0.39 is 0 Å². The molecule has 0 bridgehead atoms. The van der Waals surface area contributed by atoms with Crippen LogP contribution < -0.4 is 10.5 Å². The first-order chi connectivity index (χ1) is 6.81. The van der Waals surface area contributed by atoms with Crippen LogP contribution in [-0.2, 0) is 0 Å². The predicted octanol–water partition coefficient (Wildman–Crippen LogP) is 1.21. The monoisotopic (exact) mass is 190 g/mol. The minimum Gasteiger partial charge on any atom is -0.488 e. The van der Waals surface area contributed by atoms with Crippen LogP contribution >= 0.6 is 0 Å². The van der Waals surface area contributed by atoms with E-state index in [2.05, 4.69) is 5.16 Å². The molecule has 4 heteroatoms. The molecule has 1 heterocycles. The lowest BCUT2D eigenvalue weighted by Gasteiger charge is -2.16. The Hall–Kier alpha value is -1.97. The van der Waals surface area contributed by atoms with Crippen LogP contribution in [0.2, 0.25) is 0 Å². The topological polar surface area (TPSA) is 67.8 Å². The number of rotatable bonds is 1. The zero-order valence-corrected chi connectivity index (χ0v) is 7.47. The standard InChI is InChI=1S/C10H10N2O2/c11-10(12-13)8-5-7-3-1-2-4-9(7)14-6-8/h1-5,13H,6H2,(H2,11,12). The molecule has 0 unspecified atom stereocenters. The van der Waals surface area contributed by atoms with Crippen molar-refractivity contribution in [2.24, 2.45) is 10.9 Å². The second-order valence-corrected chi connectivity index (χ2v) is 2.98. The van der Waals surface area contributed by atoms with Gasteiger partial charge in [0.25, 0.3) is 0 Å². The van der Waals surface area contributed by atoms with Crippen LogP contribution in [0.3, 0.4) is 0 Å². The molecule has 0 atom stereocenters. The number of hydrogen-bond donors (Lipinski definition) is 2. The van der Waals surface area contributed by atoms with Gasteiger partial charge in [0.15, 0.2) is 5.84 Å². The van der Waals surface area contributed by atoms with Crippen molar-refractivity contribution in [2.75, 3.05) is 6.61 Å².